The molecule has 0 fully saturated rings. The second kappa shape index (κ2) is 20.2. The van der Waals surface area contributed by atoms with Gasteiger partial charge < -0.3 is 18.9 Å². The van der Waals surface area contributed by atoms with Crippen LogP contribution >= 0.6 is 0 Å². The average Bonchev–Trinajstić information content (AvgIpc) is 1.40. The molecule has 4 aliphatic heterocycles. The number of anilines is 6. The smallest absolute Gasteiger partial charge is 0.251 e. The first-order valence-corrected chi connectivity index (χ1v) is 35.2. The van der Waals surface area contributed by atoms with Gasteiger partial charge in [-0.2, -0.15) is 0 Å². The van der Waals surface area contributed by atoms with Gasteiger partial charge in [-0.25, -0.2) is 0 Å². The Kier molecular flexibility index (Phi) is 12.7. The molecule has 6 heterocycles. The summed E-state index contributed by atoms with van der Waals surface area (Å²) < 4.78 is 5.56. The van der Waals surface area contributed by atoms with Crippen LogP contribution in [0.1, 0.15) is 158 Å². The van der Waals surface area contributed by atoms with Crippen LogP contribution in [-0.2, 0) is 32.5 Å². The van der Waals surface area contributed by atoms with Gasteiger partial charge in [-0.05, 0) is 195 Å². The quantitative estimate of drug-likeness (QED) is 0.160. The maximum Gasteiger partial charge on any atom is 0.251 e. The van der Waals surface area contributed by atoms with Gasteiger partial charge in [0.1, 0.15) is 0 Å². The van der Waals surface area contributed by atoms with E-state index in [-0.39, 0.29) is 45.9 Å². The molecule has 0 aliphatic carbocycles. The van der Waals surface area contributed by atoms with Crippen molar-refractivity contribution in [3.05, 3.63) is 240 Å². The van der Waals surface area contributed by atoms with Crippen molar-refractivity contribution in [2.24, 2.45) is 0 Å². The van der Waals surface area contributed by atoms with Gasteiger partial charge in [0, 0.05) is 50.0 Å². The van der Waals surface area contributed by atoms with E-state index in [1.807, 2.05) is 0 Å². The minimum Gasteiger partial charge on any atom is -0.312 e. The van der Waals surface area contributed by atoms with E-state index < -0.39 is 0 Å². The van der Waals surface area contributed by atoms with Crippen LogP contribution in [0.4, 0.5) is 34.1 Å². The Morgan fingerprint density at radius 2 is 0.562 bits per heavy atom. The predicted molar refractivity (Wildman–Crippen MR) is 417 cm³/mol. The first-order valence-electron chi connectivity index (χ1n) is 35.2. The van der Waals surface area contributed by atoms with Crippen molar-refractivity contribution in [1.82, 2.24) is 9.13 Å². The van der Waals surface area contributed by atoms with Gasteiger partial charge in [0.15, 0.2) is 0 Å². The van der Waals surface area contributed by atoms with Crippen molar-refractivity contribution < 1.29 is 0 Å². The molecule has 0 amide bonds. The molecule has 13 aromatic rings. The lowest BCUT2D eigenvalue weighted by Gasteiger charge is -2.46. The van der Waals surface area contributed by atoms with Gasteiger partial charge in [0.25, 0.3) is 13.4 Å². The summed E-state index contributed by atoms with van der Waals surface area (Å²) in [6.07, 6.45) is 0. The monoisotopic (exact) mass is 1250 g/mol. The lowest BCUT2D eigenvalue weighted by atomic mass is 9.31. The van der Waals surface area contributed by atoms with Gasteiger partial charge in [0.2, 0.25) is 0 Å². The molecule has 0 spiro atoms. The van der Waals surface area contributed by atoms with E-state index in [4.69, 9.17) is 0 Å². The highest BCUT2D eigenvalue weighted by atomic mass is 15.2. The van der Waals surface area contributed by atoms with Crippen molar-refractivity contribution in [2.45, 2.75) is 157 Å². The van der Waals surface area contributed by atoms with E-state index in [2.05, 4.69) is 350 Å². The van der Waals surface area contributed by atoms with Crippen LogP contribution in [0.5, 0.6) is 0 Å². The van der Waals surface area contributed by atoms with Crippen LogP contribution < -0.4 is 42.6 Å². The molecule has 474 valence electrons. The fraction of sp³-hybridized carbons (Fsp3) is 0.267. The molecule has 4 aliphatic rings. The van der Waals surface area contributed by atoms with E-state index in [9.17, 15) is 0 Å². The summed E-state index contributed by atoms with van der Waals surface area (Å²) in [5.74, 6) is 0. The van der Waals surface area contributed by atoms with Crippen LogP contribution in [0, 0.1) is 0 Å². The van der Waals surface area contributed by atoms with Crippen LogP contribution in [0.15, 0.2) is 206 Å². The molecule has 0 bridgehead atoms. The third-order valence-corrected chi connectivity index (χ3v) is 22.3. The average molecular weight is 1250 g/mol. The maximum atomic E-state index is 2.78. The number of aromatic nitrogens is 2. The van der Waals surface area contributed by atoms with Crippen LogP contribution in [-0.4, -0.2) is 22.6 Å². The Morgan fingerprint density at radius 3 is 0.875 bits per heavy atom. The topological polar surface area (TPSA) is 16.3 Å². The third-order valence-electron chi connectivity index (χ3n) is 22.3. The van der Waals surface area contributed by atoms with Crippen molar-refractivity contribution in [3.63, 3.8) is 0 Å². The predicted octanol–water partition coefficient (Wildman–Crippen LogP) is 20.2. The maximum absolute atomic E-state index is 2.78. The SMILES string of the molecule is CC(C)(C)c1ccc(N(c2ccc(C(C)(C)C)cc2)c2c(-n3c4ccc(C(C)(C)C)cc4c4cc(C(C)(C)C)ccc43)c3c4c(c2-n2c5ccc(C(C)(C)C)cc5c5cc(C(C)(C)C)ccc52)B2c5ccccc5-c5cccc(c52)N4c2cccc4c2B3c2ccccc2-4)cc1. The number of hydrogen-bond acceptors (Lipinski definition) is 2. The molecule has 11 aromatic carbocycles. The number of fused-ring (bicyclic) bond motifs is 16. The van der Waals surface area contributed by atoms with Crippen molar-refractivity contribution in [2.75, 3.05) is 9.80 Å². The fourth-order valence-corrected chi connectivity index (χ4v) is 17.1. The van der Waals surface area contributed by atoms with E-state index in [0.717, 1.165) is 17.1 Å². The van der Waals surface area contributed by atoms with E-state index in [1.165, 1.54) is 160 Å². The summed E-state index contributed by atoms with van der Waals surface area (Å²) in [7, 11) is 0. The Balaban J connectivity index is 1.20. The Labute approximate surface area is 569 Å². The van der Waals surface area contributed by atoms with Crippen molar-refractivity contribution >= 4 is 124 Å². The lowest BCUT2D eigenvalue weighted by Crippen LogP contribution is -2.64. The summed E-state index contributed by atoms with van der Waals surface area (Å²) in [6.45, 7) is 42.1. The van der Waals surface area contributed by atoms with Gasteiger partial charge in [-0.3, -0.25) is 0 Å². The number of hydrogen-bond donors (Lipinski definition) is 0. The zero-order valence-electron chi connectivity index (χ0n) is 59.6. The van der Waals surface area contributed by atoms with Gasteiger partial charge in [-0.15, -0.1) is 0 Å². The molecule has 96 heavy (non-hydrogen) atoms. The van der Waals surface area contributed by atoms with Gasteiger partial charge in [-0.1, -0.05) is 257 Å². The molecule has 6 heteroatoms. The summed E-state index contributed by atoms with van der Waals surface area (Å²) in [5.41, 5.74) is 34.8. The molecule has 0 unspecified atom stereocenters. The molecular formula is C90H88B2N4. The molecule has 2 aromatic heterocycles. The Hall–Kier alpha value is -9.25. The molecule has 0 saturated heterocycles. The third kappa shape index (κ3) is 8.74. The van der Waals surface area contributed by atoms with Gasteiger partial charge in [0.05, 0.1) is 39.1 Å². The first-order chi connectivity index (χ1) is 45.5. The Morgan fingerprint density at radius 1 is 0.271 bits per heavy atom. The van der Waals surface area contributed by atoms with Crippen molar-refractivity contribution in [1.29, 1.82) is 0 Å². The summed E-state index contributed by atoms with van der Waals surface area (Å²) in [4.78, 5) is 5.50. The summed E-state index contributed by atoms with van der Waals surface area (Å²) in [5, 5.41) is 5.05. The number of benzene rings is 11. The largest absolute Gasteiger partial charge is 0.312 e. The number of nitrogens with zero attached hydrogens (tertiary/aromatic N) is 4. The molecule has 17 rings (SSSR count). The summed E-state index contributed by atoms with van der Waals surface area (Å²) >= 11 is 0. The zero-order chi connectivity index (χ0) is 67.0. The van der Waals surface area contributed by atoms with E-state index in [1.54, 1.807) is 0 Å². The standard InChI is InChI=1S/C90H88B2N4/c1-85(2,3)53-33-41-59(42-34-53)93(60-43-35-54(36-44-60)86(4,5)6)84-82(94-71-45-37-55(87(7,8)9)49-65(71)66-50-56(88(10,11)12)38-46-72(66)94)79-81-80(83(84)95-73-47-39-57(89(13,14)15)51-67(73)68-52-58(90(16,17)18)40-48-74(68)95)92-70-30-22-20-26-62(70)64-28-24-32-76(78(64)92)96(81)75-31-23-27-63-61-25-19-21-29-69(61)91(79)77(63)75/h19-52H,1-18H3. The highest BCUT2D eigenvalue weighted by molar-refractivity contribution is 7.06. The normalized spacial score (nSPS) is 14.1. The summed E-state index contributed by atoms with van der Waals surface area (Å²) in [6, 6.07) is 82.5. The van der Waals surface area contributed by atoms with Crippen LogP contribution in [0.3, 0.4) is 0 Å². The van der Waals surface area contributed by atoms with Crippen LogP contribution in [0.25, 0.3) is 77.2 Å². The lowest BCUT2D eigenvalue weighted by molar-refractivity contribution is 0.590. The van der Waals surface area contributed by atoms with Crippen LogP contribution in [0.2, 0.25) is 0 Å². The highest BCUT2D eigenvalue weighted by Gasteiger charge is 2.54. The molecule has 4 nitrogen and oxygen atoms in total. The fourth-order valence-electron chi connectivity index (χ4n) is 17.1. The zero-order valence-corrected chi connectivity index (χ0v) is 59.6. The first kappa shape index (κ1) is 60.4. The van der Waals surface area contributed by atoms with Gasteiger partial charge >= 0.3 is 0 Å². The number of rotatable bonds is 5. The van der Waals surface area contributed by atoms with E-state index >= 15 is 0 Å². The molecule has 0 N–H and O–H groups in total. The second-order valence-electron chi connectivity index (χ2n) is 34.6. The second-order valence-corrected chi connectivity index (χ2v) is 34.6. The van der Waals surface area contributed by atoms with Crippen molar-refractivity contribution in [3.8, 4) is 33.6 Å². The molecule has 0 saturated carbocycles. The molecule has 0 radical (unpaired) electrons. The minimum atomic E-state index is -0.160. The Bertz CT molecular complexity index is 5000. The molecule has 0 atom stereocenters. The van der Waals surface area contributed by atoms with E-state index in [0.29, 0.717) is 0 Å². The highest BCUT2D eigenvalue weighted by Crippen LogP contribution is 2.54. The minimum absolute atomic E-state index is 0.0863. The molecular weight excluding hydrogens is 1160 g/mol.